The van der Waals surface area contributed by atoms with E-state index >= 15 is 0 Å². The number of nitrogens with zero attached hydrogens (tertiary/aromatic N) is 2. The van der Waals surface area contributed by atoms with E-state index in [-0.39, 0.29) is 5.92 Å². The molecule has 0 spiro atoms. The van der Waals surface area contributed by atoms with E-state index in [0.717, 1.165) is 13.0 Å². The summed E-state index contributed by atoms with van der Waals surface area (Å²) < 4.78 is 0. The SMILES string of the molecule is CCc1ccc(N(C)CC(C#N)C(C)C)cc1. The van der Waals surface area contributed by atoms with Crippen LogP contribution in [-0.2, 0) is 6.42 Å². The molecule has 0 radical (unpaired) electrons. The average Bonchev–Trinajstić information content (AvgIpc) is 2.35. The Morgan fingerprint density at radius 2 is 1.82 bits per heavy atom. The van der Waals surface area contributed by atoms with Crippen molar-refractivity contribution in [3.63, 3.8) is 0 Å². The van der Waals surface area contributed by atoms with Crippen molar-refractivity contribution in [1.29, 1.82) is 5.26 Å². The third kappa shape index (κ3) is 3.78. The molecular formula is C15H22N2. The minimum atomic E-state index is 0.0888. The van der Waals surface area contributed by atoms with Crippen LogP contribution in [-0.4, -0.2) is 13.6 Å². The summed E-state index contributed by atoms with van der Waals surface area (Å²) in [6.07, 6.45) is 1.07. The van der Waals surface area contributed by atoms with Gasteiger partial charge in [-0.25, -0.2) is 0 Å². The minimum Gasteiger partial charge on any atom is -0.373 e. The van der Waals surface area contributed by atoms with Crippen molar-refractivity contribution in [2.75, 3.05) is 18.5 Å². The van der Waals surface area contributed by atoms with Gasteiger partial charge in [0.1, 0.15) is 0 Å². The monoisotopic (exact) mass is 230 g/mol. The van der Waals surface area contributed by atoms with Gasteiger partial charge < -0.3 is 4.90 Å². The van der Waals surface area contributed by atoms with Gasteiger partial charge in [0.05, 0.1) is 12.0 Å². The van der Waals surface area contributed by atoms with Crippen LogP contribution < -0.4 is 4.90 Å². The van der Waals surface area contributed by atoms with Crippen LogP contribution in [0.2, 0.25) is 0 Å². The second-order valence-electron chi connectivity index (χ2n) is 4.88. The number of rotatable bonds is 5. The molecule has 2 nitrogen and oxygen atoms in total. The van der Waals surface area contributed by atoms with Crippen molar-refractivity contribution >= 4 is 5.69 Å². The summed E-state index contributed by atoms with van der Waals surface area (Å²) in [5.41, 5.74) is 2.53. The van der Waals surface area contributed by atoms with Gasteiger partial charge in [0.25, 0.3) is 0 Å². The highest BCUT2D eigenvalue weighted by molar-refractivity contribution is 5.47. The number of anilines is 1. The zero-order valence-corrected chi connectivity index (χ0v) is 11.3. The summed E-state index contributed by atoms with van der Waals surface area (Å²) in [5, 5.41) is 9.10. The van der Waals surface area contributed by atoms with Gasteiger partial charge in [-0.15, -0.1) is 0 Å². The fourth-order valence-electron chi connectivity index (χ4n) is 1.79. The first-order chi connectivity index (χ1) is 8.08. The van der Waals surface area contributed by atoms with Crippen molar-refractivity contribution in [1.82, 2.24) is 0 Å². The van der Waals surface area contributed by atoms with Crippen LogP contribution >= 0.6 is 0 Å². The first kappa shape index (κ1) is 13.6. The van der Waals surface area contributed by atoms with E-state index in [2.05, 4.69) is 56.0 Å². The third-order valence-electron chi connectivity index (χ3n) is 3.23. The molecule has 0 heterocycles. The summed E-state index contributed by atoms with van der Waals surface area (Å²) in [4.78, 5) is 2.16. The van der Waals surface area contributed by atoms with Gasteiger partial charge >= 0.3 is 0 Å². The second-order valence-corrected chi connectivity index (χ2v) is 4.88. The molecule has 0 bridgehead atoms. The Labute approximate surface area is 105 Å². The first-order valence-corrected chi connectivity index (χ1v) is 6.28. The lowest BCUT2D eigenvalue weighted by atomic mass is 9.97. The highest BCUT2D eigenvalue weighted by Gasteiger charge is 2.15. The Balaban J connectivity index is 2.69. The lowest BCUT2D eigenvalue weighted by Gasteiger charge is -2.24. The number of benzene rings is 1. The van der Waals surface area contributed by atoms with Crippen molar-refractivity contribution in [3.8, 4) is 6.07 Å². The van der Waals surface area contributed by atoms with Crippen LogP contribution in [0.1, 0.15) is 26.3 Å². The molecule has 17 heavy (non-hydrogen) atoms. The molecule has 2 heteroatoms. The molecular weight excluding hydrogens is 208 g/mol. The summed E-state index contributed by atoms with van der Waals surface area (Å²) in [5.74, 6) is 0.489. The molecule has 92 valence electrons. The van der Waals surface area contributed by atoms with E-state index in [4.69, 9.17) is 5.26 Å². The number of hydrogen-bond acceptors (Lipinski definition) is 2. The zero-order valence-electron chi connectivity index (χ0n) is 11.3. The lowest BCUT2D eigenvalue weighted by Crippen LogP contribution is -2.27. The van der Waals surface area contributed by atoms with Gasteiger partial charge in [-0.3, -0.25) is 0 Å². The molecule has 1 atom stereocenters. The Morgan fingerprint density at radius 1 is 1.24 bits per heavy atom. The van der Waals surface area contributed by atoms with Crippen molar-refractivity contribution < 1.29 is 0 Å². The summed E-state index contributed by atoms with van der Waals surface area (Å²) in [7, 11) is 2.05. The van der Waals surface area contributed by atoms with Crippen LogP contribution in [0.25, 0.3) is 0 Å². The fraction of sp³-hybridized carbons (Fsp3) is 0.533. The summed E-state index contributed by atoms with van der Waals surface area (Å²) in [6, 6.07) is 11.0. The van der Waals surface area contributed by atoms with Gasteiger partial charge in [0, 0.05) is 19.3 Å². The maximum absolute atomic E-state index is 9.10. The highest BCUT2D eigenvalue weighted by atomic mass is 15.1. The molecule has 0 aromatic heterocycles. The summed E-state index contributed by atoms with van der Waals surface area (Å²) >= 11 is 0. The molecule has 1 aromatic carbocycles. The first-order valence-electron chi connectivity index (χ1n) is 6.28. The number of hydrogen-bond donors (Lipinski definition) is 0. The Morgan fingerprint density at radius 3 is 2.24 bits per heavy atom. The normalized spacial score (nSPS) is 12.2. The predicted octanol–water partition coefficient (Wildman–Crippen LogP) is 3.48. The molecule has 0 aliphatic heterocycles. The fourth-order valence-corrected chi connectivity index (χ4v) is 1.79. The molecule has 1 aromatic rings. The van der Waals surface area contributed by atoms with Crippen molar-refractivity contribution in [2.24, 2.45) is 11.8 Å². The van der Waals surface area contributed by atoms with E-state index in [1.165, 1.54) is 11.3 Å². The molecule has 0 fully saturated rings. The van der Waals surface area contributed by atoms with Crippen molar-refractivity contribution in [2.45, 2.75) is 27.2 Å². The third-order valence-corrected chi connectivity index (χ3v) is 3.23. The molecule has 0 amide bonds. The standard InChI is InChI=1S/C15H22N2/c1-5-13-6-8-15(9-7-13)17(4)11-14(10-16)12(2)3/h6-9,12,14H,5,11H2,1-4H3. The van der Waals surface area contributed by atoms with Crippen LogP contribution in [0.4, 0.5) is 5.69 Å². The summed E-state index contributed by atoms with van der Waals surface area (Å²) in [6.45, 7) is 7.15. The Hall–Kier alpha value is -1.49. The van der Waals surface area contributed by atoms with Gasteiger partial charge in [0.2, 0.25) is 0 Å². The quantitative estimate of drug-likeness (QED) is 0.774. The van der Waals surface area contributed by atoms with E-state index in [9.17, 15) is 0 Å². The van der Waals surface area contributed by atoms with E-state index in [1.807, 2.05) is 7.05 Å². The maximum Gasteiger partial charge on any atom is 0.0677 e. The van der Waals surface area contributed by atoms with E-state index < -0.39 is 0 Å². The van der Waals surface area contributed by atoms with Crippen LogP contribution in [0, 0.1) is 23.2 Å². The molecule has 1 rings (SSSR count). The molecule has 0 N–H and O–H groups in total. The van der Waals surface area contributed by atoms with E-state index in [0.29, 0.717) is 5.92 Å². The second kappa shape index (κ2) is 6.30. The number of aryl methyl sites for hydroxylation is 1. The number of nitriles is 1. The molecule has 0 saturated heterocycles. The molecule has 1 unspecified atom stereocenters. The molecule has 0 aliphatic carbocycles. The largest absolute Gasteiger partial charge is 0.373 e. The highest BCUT2D eigenvalue weighted by Crippen LogP contribution is 2.18. The van der Waals surface area contributed by atoms with Gasteiger partial charge in [-0.2, -0.15) is 5.26 Å². The van der Waals surface area contributed by atoms with Gasteiger partial charge in [-0.05, 0) is 30.0 Å². The molecule has 0 saturated carbocycles. The molecule has 0 aliphatic rings. The van der Waals surface area contributed by atoms with E-state index in [1.54, 1.807) is 0 Å². The predicted molar refractivity (Wildman–Crippen MR) is 73.0 cm³/mol. The lowest BCUT2D eigenvalue weighted by molar-refractivity contribution is 0.477. The minimum absolute atomic E-state index is 0.0888. The van der Waals surface area contributed by atoms with Crippen LogP contribution in [0.5, 0.6) is 0 Å². The zero-order chi connectivity index (χ0) is 12.8. The topological polar surface area (TPSA) is 27.0 Å². The van der Waals surface area contributed by atoms with Crippen molar-refractivity contribution in [3.05, 3.63) is 29.8 Å². The van der Waals surface area contributed by atoms with Gasteiger partial charge in [-0.1, -0.05) is 32.9 Å². The van der Waals surface area contributed by atoms with Crippen LogP contribution in [0.15, 0.2) is 24.3 Å². The van der Waals surface area contributed by atoms with Gasteiger partial charge in [0.15, 0.2) is 0 Å². The smallest absolute Gasteiger partial charge is 0.0677 e. The Bertz CT molecular complexity index is 373. The average molecular weight is 230 g/mol. The maximum atomic E-state index is 9.10. The Kier molecular flexibility index (Phi) is 5.03. The van der Waals surface area contributed by atoms with Crippen LogP contribution in [0.3, 0.4) is 0 Å².